The molecule has 2 aromatic rings. The normalized spacial score (nSPS) is 12.4. The van der Waals surface area contributed by atoms with E-state index in [2.05, 4.69) is 21.2 Å². The second-order valence-corrected chi connectivity index (χ2v) is 5.16. The van der Waals surface area contributed by atoms with Crippen molar-refractivity contribution in [2.45, 2.75) is 13.0 Å². The van der Waals surface area contributed by atoms with Crippen LogP contribution >= 0.6 is 15.9 Å². The van der Waals surface area contributed by atoms with Gasteiger partial charge in [0.15, 0.2) is 11.6 Å². The Morgan fingerprint density at radius 2 is 1.85 bits per heavy atom. The summed E-state index contributed by atoms with van der Waals surface area (Å²) in [5.74, 6) is -2.19. The van der Waals surface area contributed by atoms with Crippen molar-refractivity contribution in [3.05, 3.63) is 69.4 Å². The molecule has 0 radical (unpaired) electrons. The molecule has 2 rings (SSSR count). The van der Waals surface area contributed by atoms with E-state index in [4.69, 9.17) is 0 Å². The lowest BCUT2D eigenvalue weighted by atomic mass is 9.98. The topological polar surface area (TPSA) is 12.0 Å². The van der Waals surface area contributed by atoms with E-state index in [1.54, 1.807) is 12.1 Å². The summed E-state index contributed by atoms with van der Waals surface area (Å²) in [5.41, 5.74) is 0.856. The maximum Gasteiger partial charge on any atom is 0.163 e. The molecule has 0 spiro atoms. The van der Waals surface area contributed by atoms with Gasteiger partial charge < -0.3 is 5.32 Å². The molecule has 0 saturated heterocycles. The number of halogens is 4. The van der Waals surface area contributed by atoms with E-state index in [-0.39, 0.29) is 10.0 Å². The molecule has 0 saturated carbocycles. The molecular formula is C15H13BrF3N. The Kier molecular flexibility index (Phi) is 4.83. The fourth-order valence-electron chi connectivity index (χ4n) is 2.05. The Labute approximate surface area is 123 Å². The minimum absolute atomic E-state index is 0.199. The van der Waals surface area contributed by atoms with Crippen LogP contribution in [0.15, 0.2) is 40.9 Å². The SMILES string of the molecule is CCNC(c1ccc(F)c(Br)c1)c1cccc(F)c1F. The van der Waals surface area contributed by atoms with Gasteiger partial charge in [-0.15, -0.1) is 0 Å². The summed E-state index contributed by atoms with van der Waals surface area (Å²) in [6, 6.07) is 7.92. The first kappa shape index (κ1) is 15.1. The molecule has 0 amide bonds. The average Bonchev–Trinajstić information content (AvgIpc) is 2.43. The first-order valence-electron chi connectivity index (χ1n) is 6.16. The van der Waals surface area contributed by atoms with E-state index in [0.29, 0.717) is 12.1 Å². The predicted octanol–water partition coefficient (Wildman–Crippen LogP) is 4.57. The van der Waals surface area contributed by atoms with Crippen molar-refractivity contribution >= 4 is 15.9 Å². The highest BCUT2D eigenvalue weighted by Crippen LogP contribution is 2.28. The van der Waals surface area contributed by atoms with E-state index in [0.717, 1.165) is 6.07 Å². The smallest absolute Gasteiger partial charge is 0.163 e. The Balaban J connectivity index is 2.50. The van der Waals surface area contributed by atoms with Gasteiger partial charge in [0.05, 0.1) is 10.5 Å². The van der Waals surface area contributed by atoms with Crippen molar-refractivity contribution in [3.63, 3.8) is 0 Å². The monoisotopic (exact) mass is 343 g/mol. The maximum absolute atomic E-state index is 13.9. The van der Waals surface area contributed by atoms with E-state index >= 15 is 0 Å². The summed E-state index contributed by atoms with van der Waals surface area (Å²) in [5, 5.41) is 3.08. The molecule has 0 bridgehead atoms. The first-order valence-corrected chi connectivity index (χ1v) is 6.96. The van der Waals surface area contributed by atoms with Crippen molar-refractivity contribution in [2.75, 3.05) is 6.54 Å². The fraction of sp³-hybridized carbons (Fsp3) is 0.200. The Morgan fingerprint density at radius 1 is 1.10 bits per heavy atom. The van der Waals surface area contributed by atoms with Crippen LogP contribution in [0.2, 0.25) is 0 Å². The molecule has 0 aliphatic carbocycles. The van der Waals surface area contributed by atoms with Gasteiger partial charge in [0.2, 0.25) is 0 Å². The minimum Gasteiger partial charge on any atom is -0.306 e. The fourth-order valence-corrected chi connectivity index (χ4v) is 2.44. The van der Waals surface area contributed by atoms with Crippen LogP contribution in [0.4, 0.5) is 13.2 Å². The third kappa shape index (κ3) is 3.04. The third-order valence-corrected chi connectivity index (χ3v) is 3.59. The van der Waals surface area contributed by atoms with Gasteiger partial charge in [0.1, 0.15) is 5.82 Å². The number of benzene rings is 2. The van der Waals surface area contributed by atoms with E-state index in [9.17, 15) is 13.2 Å². The molecule has 2 aromatic carbocycles. The lowest BCUT2D eigenvalue weighted by Crippen LogP contribution is -2.23. The van der Waals surface area contributed by atoms with Gasteiger partial charge in [0, 0.05) is 5.56 Å². The molecule has 0 fully saturated rings. The van der Waals surface area contributed by atoms with Crippen LogP contribution in [-0.4, -0.2) is 6.54 Å². The molecule has 106 valence electrons. The van der Waals surface area contributed by atoms with Crippen LogP contribution in [0.5, 0.6) is 0 Å². The zero-order chi connectivity index (χ0) is 14.7. The van der Waals surface area contributed by atoms with Crippen molar-refractivity contribution in [1.82, 2.24) is 5.32 Å². The van der Waals surface area contributed by atoms with E-state index < -0.39 is 23.5 Å². The number of hydrogen-bond donors (Lipinski definition) is 1. The molecule has 1 N–H and O–H groups in total. The highest BCUT2D eigenvalue weighted by molar-refractivity contribution is 9.10. The van der Waals surface area contributed by atoms with Gasteiger partial charge in [-0.2, -0.15) is 0 Å². The molecule has 1 unspecified atom stereocenters. The molecule has 0 aromatic heterocycles. The van der Waals surface area contributed by atoms with Gasteiger partial charge in [-0.25, -0.2) is 13.2 Å². The molecule has 20 heavy (non-hydrogen) atoms. The quantitative estimate of drug-likeness (QED) is 0.857. The third-order valence-electron chi connectivity index (χ3n) is 2.98. The molecule has 1 nitrogen and oxygen atoms in total. The summed E-state index contributed by atoms with van der Waals surface area (Å²) >= 11 is 3.10. The van der Waals surface area contributed by atoms with Crippen LogP contribution in [0.25, 0.3) is 0 Å². The van der Waals surface area contributed by atoms with Gasteiger partial charge >= 0.3 is 0 Å². The van der Waals surface area contributed by atoms with E-state index in [1.807, 2.05) is 6.92 Å². The average molecular weight is 344 g/mol. The second kappa shape index (κ2) is 6.41. The van der Waals surface area contributed by atoms with Gasteiger partial charge in [-0.05, 0) is 46.2 Å². The Morgan fingerprint density at radius 3 is 2.50 bits per heavy atom. The lowest BCUT2D eigenvalue weighted by Gasteiger charge is -2.20. The van der Waals surface area contributed by atoms with Crippen LogP contribution in [0, 0.1) is 17.5 Å². The minimum atomic E-state index is -0.897. The zero-order valence-electron chi connectivity index (χ0n) is 10.8. The van der Waals surface area contributed by atoms with Crippen LogP contribution in [0.3, 0.4) is 0 Å². The number of nitrogens with one attached hydrogen (secondary N) is 1. The largest absolute Gasteiger partial charge is 0.306 e. The predicted molar refractivity (Wildman–Crippen MR) is 76.0 cm³/mol. The number of rotatable bonds is 4. The summed E-state index contributed by atoms with van der Waals surface area (Å²) < 4.78 is 40.9. The molecule has 5 heteroatoms. The van der Waals surface area contributed by atoms with Gasteiger partial charge in [0.25, 0.3) is 0 Å². The van der Waals surface area contributed by atoms with E-state index in [1.165, 1.54) is 18.2 Å². The summed E-state index contributed by atoms with van der Waals surface area (Å²) in [6.07, 6.45) is 0. The number of hydrogen-bond acceptors (Lipinski definition) is 1. The van der Waals surface area contributed by atoms with Crippen LogP contribution in [0.1, 0.15) is 24.1 Å². The van der Waals surface area contributed by atoms with Crippen molar-refractivity contribution in [3.8, 4) is 0 Å². The maximum atomic E-state index is 13.9. The zero-order valence-corrected chi connectivity index (χ0v) is 12.3. The molecule has 0 aliphatic rings. The molecule has 0 aliphatic heterocycles. The standard InChI is InChI=1S/C15H13BrF3N/c1-2-20-15(9-6-7-12(17)11(16)8-9)10-4-3-5-13(18)14(10)19/h3-8,15,20H,2H2,1H3. The van der Waals surface area contributed by atoms with Crippen LogP contribution < -0.4 is 5.32 Å². The summed E-state index contributed by atoms with van der Waals surface area (Å²) in [7, 11) is 0. The first-order chi connectivity index (χ1) is 9.54. The lowest BCUT2D eigenvalue weighted by molar-refractivity contribution is 0.483. The second-order valence-electron chi connectivity index (χ2n) is 4.31. The van der Waals surface area contributed by atoms with Crippen molar-refractivity contribution in [2.24, 2.45) is 0 Å². The molecule has 1 atom stereocenters. The summed E-state index contributed by atoms with van der Waals surface area (Å²) in [4.78, 5) is 0. The Hall–Kier alpha value is -1.33. The summed E-state index contributed by atoms with van der Waals surface area (Å²) in [6.45, 7) is 2.43. The molecular weight excluding hydrogens is 331 g/mol. The van der Waals surface area contributed by atoms with Crippen LogP contribution in [-0.2, 0) is 0 Å². The van der Waals surface area contributed by atoms with Gasteiger partial charge in [-0.3, -0.25) is 0 Å². The molecule has 0 heterocycles. The van der Waals surface area contributed by atoms with Gasteiger partial charge in [-0.1, -0.05) is 25.1 Å². The highest BCUT2D eigenvalue weighted by Gasteiger charge is 2.20. The highest BCUT2D eigenvalue weighted by atomic mass is 79.9. The van der Waals surface area contributed by atoms with Crippen molar-refractivity contribution in [1.29, 1.82) is 0 Å². The Bertz CT molecular complexity index is 616. The van der Waals surface area contributed by atoms with Crippen molar-refractivity contribution < 1.29 is 13.2 Å².